The molecule has 0 radical (unpaired) electrons. The van der Waals surface area contributed by atoms with Crippen LogP contribution in [0, 0.1) is 17.0 Å². The van der Waals surface area contributed by atoms with Crippen LogP contribution in [0.15, 0.2) is 48.5 Å². The molecule has 0 amide bonds. The highest BCUT2D eigenvalue weighted by Gasteiger charge is 2.20. The average molecular weight is 310 g/mol. The van der Waals surface area contributed by atoms with Crippen LogP contribution in [0.4, 0.5) is 5.69 Å². The maximum Gasteiger partial charge on any atom is 0.269 e. The van der Waals surface area contributed by atoms with E-state index in [-0.39, 0.29) is 10.6 Å². The van der Waals surface area contributed by atoms with Crippen molar-refractivity contribution in [3.05, 3.63) is 75.3 Å². The van der Waals surface area contributed by atoms with Crippen LogP contribution in [0.25, 0.3) is 0 Å². The van der Waals surface area contributed by atoms with Gasteiger partial charge >= 0.3 is 0 Å². The van der Waals surface area contributed by atoms with Crippen LogP contribution in [-0.2, 0) is 6.54 Å². The first-order chi connectivity index (χ1) is 11.1. The Bertz CT molecular complexity index is 674. The van der Waals surface area contributed by atoms with Crippen LogP contribution in [0.3, 0.4) is 0 Å². The van der Waals surface area contributed by atoms with Gasteiger partial charge in [-0.05, 0) is 49.9 Å². The summed E-state index contributed by atoms with van der Waals surface area (Å²) in [5.41, 5.74) is 3.94. The number of aryl methyl sites for hydroxylation is 1. The monoisotopic (exact) mass is 310 g/mol. The van der Waals surface area contributed by atoms with E-state index in [1.54, 1.807) is 18.2 Å². The fraction of sp³-hybridized carbons (Fsp3) is 0.368. The second-order valence-electron chi connectivity index (χ2n) is 6.39. The van der Waals surface area contributed by atoms with Crippen LogP contribution < -0.4 is 0 Å². The summed E-state index contributed by atoms with van der Waals surface area (Å²) in [6.07, 6.45) is 2.30. The molecule has 1 fully saturated rings. The Balaban J connectivity index is 1.58. The van der Waals surface area contributed by atoms with Crippen molar-refractivity contribution in [3.63, 3.8) is 0 Å². The maximum absolute atomic E-state index is 10.9. The molecule has 3 rings (SSSR count). The van der Waals surface area contributed by atoms with Crippen LogP contribution in [0.1, 0.15) is 35.4 Å². The molecule has 0 unspecified atom stereocenters. The molecule has 1 aliphatic heterocycles. The summed E-state index contributed by atoms with van der Waals surface area (Å²) < 4.78 is 0. The molecule has 0 atom stereocenters. The molecule has 0 aliphatic carbocycles. The quantitative estimate of drug-likeness (QED) is 0.625. The van der Waals surface area contributed by atoms with E-state index in [1.165, 1.54) is 11.1 Å². The number of hydrogen-bond acceptors (Lipinski definition) is 3. The molecule has 0 N–H and O–H groups in total. The number of nitro benzene ring substituents is 1. The zero-order valence-electron chi connectivity index (χ0n) is 13.4. The van der Waals surface area contributed by atoms with E-state index in [9.17, 15) is 10.1 Å². The Morgan fingerprint density at radius 1 is 1.13 bits per heavy atom. The third-order valence-corrected chi connectivity index (χ3v) is 4.66. The SMILES string of the molecule is Cc1ccc(C2CCN(Cc3cccc([N+](=O)[O-])c3)CC2)cc1. The van der Waals surface area contributed by atoms with Crippen molar-refractivity contribution in [2.45, 2.75) is 32.2 Å². The zero-order valence-corrected chi connectivity index (χ0v) is 13.4. The van der Waals surface area contributed by atoms with E-state index >= 15 is 0 Å². The number of hydrogen-bond donors (Lipinski definition) is 0. The summed E-state index contributed by atoms with van der Waals surface area (Å²) in [6.45, 7) is 5.00. The molecule has 23 heavy (non-hydrogen) atoms. The summed E-state index contributed by atoms with van der Waals surface area (Å²) in [5, 5.41) is 10.9. The Morgan fingerprint density at radius 3 is 2.48 bits per heavy atom. The second kappa shape index (κ2) is 6.92. The summed E-state index contributed by atoms with van der Waals surface area (Å²) in [4.78, 5) is 12.9. The van der Waals surface area contributed by atoms with E-state index in [1.807, 2.05) is 6.07 Å². The van der Waals surface area contributed by atoms with Crippen molar-refractivity contribution in [1.82, 2.24) is 4.90 Å². The van der Waals surface area contributed by atoms with Gasteiger partial charge in [-0.1, -0.05) is 42.0 Å². The minimum Gasteiger partial charge on any atom is -0.299 e. The molecular formula is C19H22N2O2. The smallest absolute Gasteiger partial charge is 0.269 e. The number of rotatable bonds is 4. The molecule has 0 saturated carbocycles. The van der Waals surface area contributed by atoms with Crippen LogP contribution in [0.5, 0.6) is 0 Å². The predicted octanol–water partition coefficient (Wildman–Crippen LogP) is 4.28. The van der Waals surface area contributed by atoms with Gasteiger partial charge < -0.3 is 0 Å². The highest BCUT2D eigenvalue weighted by molar-refractivity contribution is 5.34. The van der Waals surface area contributed by atoms with Gasteiger partial charge in [0.2, 0.25) is 0 Å². The molecule has 0 aromatic heterocycles. The van der Waals surface area contributed by atoms with Crippen molar-refractivity contribution < 1.29 is 4.92 Å². The lowest BCUT2D eigenvalue weighted by Crippen LogP contribution is -2.32. The van der Waals surface area contributed by atoms with Crippen molar-refractivity contribution in [1.29, 1.82) is 0 Å². The molecule has 0 spiro atoms. The van der Waals surface area contributed by atoms with E-state index < -0.39 is 0 Å². The minimum absolute atomic E-state index is 0.178. The van der Waals surface area contributed by atoms with E-state index in [2.05, 4.69) is 36.1 Å². The number of likely N-dealkylation sites (tertiary alicyclic amines) is 1. The summed E-state index contributed by atoms with van der Waals surface area (Å²) in [7, 11) is 0. The minimum atomic E-state index is -0.326. The maximum atomic E-state index is 10.9. The molecule has 120 valence electrons. The van der Waals surface area contributed by atoms with Crippen LogP contribution in [0.2, 0.25) is 0 Å². The lowest BCUT2D eigenvalue weighted by Gasteiger charge is -2.32. The Labute approximate surface area is 136 Å². The molecular weight excluding hydrogens is 288 g/mol. The highest BCUT2D eigenvalue weighted by atomic mass is 16.6. The van der Waals surface area contributed by atoms with Gasteiger partial charge in [0, 0.05) is 18.7 Å². The summed E-state index contributed by atoms with van der Waals surface area (Å²) in [5.74, 6) is 0.636. The number of benzene rings is 2. The Kier molecular flexibility index (Phi) is 4.72. The van der Waals surface area contributed by atoms with E-state index in [4.69, 9.17) is 0 Å². The normalized spacial score (nSPS) is 16.4. The predicted molar refractivity (Wildman–Crippen MR) is 91.5 cm³/mol. The average Bonchev–Trinajstić information content (AvgIpc) is 2.57. The van der Waals surface area contributed by atoms with Crippen LogP contribution in [-0.4, -0.2) is 22.9 Å². The Morgan fingerprint density at radius 2 is 1.83 bits per heavy atom. The second-order valence-corrected chi connectivity index (χ2v) is 6.39. The topological polar surface area (TPSA) is 46.4 Å². The Hall–Kier alpha value is -2.20. The molecule has 4 heteroatoms. The number of nitrogens with zero attached hydrogens (tertiary/aromatic N) is 2. The lowest BCUT2D eigenvalue weighted by atomic mass is 9.89. The van der Waals surface area contributed by atoms with Crippen molar-refractivity contribution in [3.8, 4) is 0 Å². The third kappa shape index (κ3) is 3.96. The zero-order chi connectivity index (χ0) is 16.2. The molecule has 1 saturated heterocycles. The van der Waals surface area contributed by atoms with Gasteiger partial charge in [0.25, 0.3) is 5.69 Å². The first-order valence-corrected chi connectivity index (χ1v) is 8.14. The first kappa shape index (κ1) is 15.7. The molecule has 1 heterocycles. The molecule has 1 aliphatic rings. The van der Waals surface area contributed by atoms with Gasteiger partial charge in [-0.3, -0.25) is 15.0 Å². The summed E-state index contributed by atoms with van der Waals surface area (Å²) in [6, 6.07) is 15.8. The fourth-order valence-corrected chi connectivity index (χ4v) is 3.29. The van der Waals surface area contributed by atoms with Gasteiger partial charge in [-0.15, -0.1) is 0 Å². The molecule has 2 aromatic rings. The fourth-order valence-electron chi connectivity index (χ4n) is 3.29. The molecule has 2 aromatic carbocycles. The van der Waals surface area contributed by atoms with Crippen molar-refractivity contribution in [2.24, 2.45) is 0 Å². The third-order valence-electron chi connectivity index (χ3n) is 4.66. The van der Waals surface area contributed by atoms with Crippen LogP contribution >= 0.6 is 0 Å². The standard InChI is InChI=1S/C19H22N2O2/c1-15-5-7-17(8-6-15)18-9-11-20(12-10-18)14-16-3-2-4-19(13-16)21(22)23/h2-8,13,18H,9-12,14H2,1H3. The van der Waals surface area contributed by atoms with Gasteiger partial charge in [-0.25, -0.2) is 0 Å². The lowest BCUT2D eigenvalue weighted by molar-refractivity contribution is -0.384. The van der Waals surface area contributed by atoms with Crippen molar-refractivity contribution in [2.75, 3.05) is 13.1 Å². The highest BCUT2D eigenvalue weighted by Crippen LogP contribution is 2.29. The van der Waals surface area contributed by atoms with Gasteiger partial charge in [0.05, 0.1) is 4.92 Å². The van der Waals surface area contributed by atoms with E-state index in [0.29, 0.717) is 5.92 Å². The first-order valence-electron chi connectivity index (χ1n) is 8.14. The van der Waals surface area contributed by atoms with Crippen molar-refractivity contribution >= 4 is 5.69 Å². The number of nitro groups is 1. The number of non-ortho nitro benzene ring substituents is 1. The van der Waals surface area contributed by atoms with Gasteiger partial charge in [0.1, 0.15) is 0 Å². The molecule has 4 nitrogen and oxygen atoms in total. The van der Waals surface area contributed by atoms with Gasteiger partial charge in [-0.2, -0.15) is 0 Å². The van der Waals surface area contributed by atoms with Gasteiger partial charge in [0.15, 0.2) is 0 Å². The van der Waals surface area contributed by atoms with E-state index in [0.717, 1.165) is 38.0 Å². The summed E-state index contributed by atoms with van der Waals surface area (Å²) >= 11 is 0. The molecule has 0 bridgehead atoms. The largest absolute Gasteiger partial charge is 0.299 e. The number of piperidine rings is 1.